The molecule has 4 heterocycles. The molecule has 1 aromatic heterocycles. The molecule has 22 heavy (non-hydrogen) atoms. The smallest absolute Gasteiger partial charge is 0.225 e. The van der Waals surface area contributed by atoms with Crippen LogP contribution in [0.25, 0.3) is 0 Å². The van der Waals surface area contributed by atoms with Crippen molar-refractivity contribution >= 4 is 5.91 Å². The van der Waals surface area contributed by atoms with Crippen molar-refractivity contribution in [2.75, 3.05) is 26.2 Å². The van der Waals surface area contributed by atoms with E-state index < -0.39 is 0 Å². The number of carbonyl (C=O) groups excluding carboxylic acids is 1. The Morgan fingerprint density at radius 2 is 2.23 bits per heavy atom. The molecule has 0 unspecified atom stereocenters. The number of nitrogens with zero attached hydrogens (tertiary/aromatic N) is 3. The average Bonchev–Trinajstić information content (AvgIpc) is 2.95. The normalized spacial score (nSPS) is 31.1. The van der Waals surface area contributed by atoms with Crippen molar-refractivity contribution < 1.29 is 9.53 Å². The number of ether oxygens (including phenoxy) is 1. The van der Waals surface area contributed by atoms with Crippen LogP contribution >= 0.6 is 0 Å². The number of likely N-dealkylation sites (tertiary alicyclic amines) is 2. The summed E-state index contributed by atoms with van der Waals surface area (Å²) in [7, 11) is 0. The molecule has 3 fully saturated rings. The largest absolute Gasteiger partial charge is 0.373 e. The number of hydrogen-bond donors (Lipinski definition) is 0. The molecule has 0 N–H and O–H groups in total. The average molecular weight is 301 g/mol. The number of hydrogen-bond acceptors (Lipinski definition) is 4. The predicted molar refractivity (Wildman–Crippen MR) is 82.1 cm³/mol. The molecule has 4 rings (SSSR count). The van der Waals surface area contributed by atoms with Gasteiger partial charge in [0.1, 0.15) is 0 Å². The van der Waals surface area contributed by atoms with E-state index in [1.54, 1.807) is 0 Å². The van der Waals surface area contributed by atoms with Crippen molar-refractivity contribution in [3.8, 4) is 0 Å². The Morgan fingerprint density at radius 3 is 2.91 bits per heavy atom. The fourth-order valence-corrected chi connectivity index (χ4v) is 3.82. The highest BCUT2D eigenvalue weighted by Crippen LogP contribution is 2.35. The van der Waals surface area contributed by atoms with Gasteiger partial charge in [0.15, 0.2) is 0 Å². The van der Waals surface area contributed by atoms with Crippen LogP contribution in [0, 0.1) is 5.92 Å². The van der Waals surface area contributed by atoms with Crippen molar-refractivity contribution in [2.45, 2.75) is 38.0 Å². The highest BCUT2D eigenvalue weighted by molar-refractivity contribution is 5.77. The maximum absolute atomic E-state index is 12.0. The summed E-state index contributed by atoms with van der Waals surface area (Å²) in [5.41, 5.74) is 1.12. The van der Waals surface area contributed by atoms with Crippen molar-refractivity contribution in [1.29, 1.82) is 0 Å². The van der Waals surface area contributed by atoms with Gasteiger partial charge in [-0.05, 0) is 25.0 Å². The molecule has 5 nitrogen and oxygen atoms in total. The summed E-state index contributed by atoms with van der Waals surface area (Å²) in [6, 6.07) is 6.06. The monoisotopic (exact) mass is 301 g/mol. The third kappa shape index (κ3) is 2.88. The number of fused-ring (bicyclic) bond motifs is 1. The van der Waals surface area contributed by atoms with Crippen molar-refractivity contribution in [3.05, 3.63) is 30.1 Å². The molecule has 0 bridgehead atoms. The summed E-state index contributed by atoms with van der Waals surface area (Å²) in [6.45, 7) is 4.81. The van der Waals surface area contributed by atoms with Gasteiger partial charge >= 0.3 is 0 Å². The summed E-state index contributed by atoms with van der Waals surface area (Å²) in [5.74, 6) is 0.861. The molecular weight excluding hydrogens is 278 g/mol. The molecule has 1 aromatic rings. The molecule has 3 saturated heterocycles. The minimum Gasteiger partial charge on any atom is -0.373 e. The number of pyridine rings is 1. The van der Waals surface area contributed by atoms with Gasteiger partial charge in [0.2, 0.25) is 5.91 Å². The van der Waals surface area contributed by atoms with Crippen LogP contribution < -0.4 is 0 Å². The lowest BCUT2D eigenvalue weighted by molar-refractivity contribution is -0.137. The van der Waals surface area contributed by atoms with Crippen molar-refractivity contribution in [1.82, 2.24) is 14.8 Å². The van der Waals surface area contributed by atoms with Gasteiger partial charge < -0.3 is 9.64 Å². The fraction of sp³-hybridized carbons (Fsp3) is 0.647. The number of rotatable bonds is 4. The zero-order valence-corrected chi connectivity index (χ0v) is 12.9. The van der Waals surface area contributed by atoms with Gasteiger partial charge in [-0.2, -0.15) is 0 Å². The van der Waals surface area contributed by atoms with Gasteiger partial charge in [-0.1, -0.05) is 6.07 Å². The molecule has 3 atom stereocenters. The van der Waals surface area contributed by atoms with Crippen LogP contribution in [0.3, 0.4) is 0 Å². The second-order valence-corrected chi connectivity index (χ2v) is 6.75. The van der Waals surface area contributed by atoms with Crippen LogP contribution in [0.2, 0.25) is 0 Å². The zero-order chi connectivity index (χ0) is 14.9. The Hall–Kier alpha value is -1.46. The quantitative estimate of drug-likeness (QED) is 0.841. The molecule has 0 saturated carbocycles. The van der Waals surface area contributed by atoms with Crippen LogP contribution in [0.4, 0.5) is 0 Å². The summed E-state index contributed by atoms with van der Waals surface area (Å²) in [6.07, 6.45) is 5.06. The van der Waals surface area contributed by atoms with Crippen LogP contribution in [0.5, 0.6) is 0 Å². The molecule has 5 heteroatoms. The van der Waals surface area contributed by atoms with E-state index in [-0.39, 0.29) is 12.0 Å². The van der Waals surface area contributed by atoms with E-state index >= 15 is 0 Å². The third-order valence-electron chi connectivity index (χ3n) is 5.11. The summed E-state index contributed by atoms with van der Waals surface area (Å²) in [5, 5.41) is 0. The molecule has 0 aromatic carbocycles. The summed E-state index contributed by atoms with van der Waals surface area (Å²) in [4.78, 5) is 20.8. The van der Waals surface area contributed by atoms with E-state index in [1.807, 2.05) is 23.2 Å². The zero-order valence-electron chi connectivity index (χ0n) is 12.9. The van der Waals surface area contributed by atoms with Gasteiger partial charge in [-0.25, -0.2) is 0 Å². The highest BCUT2D eigenvalue weighted by Gasteiger charge is 2.42. The topological polar surface area (TPSA) is 45.7 Å². The minimum atomic E-state index is 0.139. The van der Waals surface area contributed by atoms with E-state index in [2.05, 4.69) is 16.0 Å². The Bertz CT molecular complexity index is 518. The van der Waals surface area contributed by atoms with Crippen molar-refractivity contribution in [2.24, 2.45) is 5.92 Å². The van der Waals surface area contributed by atoms with E-state index in [9.17, 15) is 4.79 Å². The summed E-state index contributed by atoms with van der Waals surface area (Å²) >= 11 is 0. The fourth-order valence-electron chi connectivity index (χ4n) is 3.82. The molecule has 0 spiro atoms. The second-order valence-electron chi connectivity index (χ2n) is 6.75. The first-order valence-electron chi connectivity index (χ1n) is 8.33. The predicted octanol–water partition coefficient (Wildman–Crippen LogP) is 1.29. The van der Waals surface area contributed by atoms with E-state index in [4.69, 9.17) is 4.74 Å². The van der Waals surface area contributed by atoms with Gasteiger partial charge in [0, 0.05) is 44.8 Å². The Balaban J connectivity index is 1.26. The van der Waals surface area contributed by atoms with Crippen molar-refractivity contribution in [3.63, 3.8) is 0 Å². The standard InChI is InChI=1S/C17H23N3O2/c21-17(20-6-3-7-20)9-15-8-13-10-19(12-16(13)22-15)11-14-4-1-2-5-18-14/h1-2,4-5,13,15-16H,3,6-12H2/t13-,15-,16+/m0/s1. The number of aromatic nitrogens is 1. The lowest BCUT2D eigenvalue weighted by Crippen LogP contribution is -2.43. The van der Waals surface area contributed by atoms with E-state index in [1.165, 1.54) is 0 Å². The Kier molecular flexibility index (Phi) is 3.84. The minimum absolute atomic E-state index is 0.139. The van der Waals surface area contributed by atoms with Gasteiger partial charge in [0.25, 0.3) is 0 Å². The highest BCUT2D eigenvalue weighted by atomic mass is 16.5. The number of carbonyl (C=O) groups is 1. The summed E-state index contributed by atoms with van der Waals surface area (Å²) < 4.78 is 6.13. The first-order valence-corrected chi connectivity index (χ1v) is 8.33. The first kappa shape index (κ1) is 14.2. The maximum atomic E-state index is 12.0. The van der Waals surface area contributed by atoms with Gasteiger partial charge in [-0.15, -0.1) is 0 Å². The maximum Gasteiger partial charge on any atom is 0.225 e. The molecule has 118 valence electrons. The molecule has 3 aliphatic heterocycles. The molecule has 0 aliphatic carbocycles. The second kappa shape index (κ2) is 5.97. The van der Waals surface area contributed by atoms with E-state index in [0.717, 1.165) is 51.3 Å². The lowest BCUT2D eigenvalue weighted by Gasteiger charge is -2.31. The van der Waals surface area contributed by atoms with E-state index in [0.29, 0.717) is 18.4 Å². The van der Waals surface area contributed by atoms with Crippen LogP contribution in [0.15, 0.2) is 24.4 Å². The Labute approximate surface area is 131 Å². The SMILES string of the molecule is O=C(C[C@@H]1C[C@H]2CN(Cc3ccccn3)C[C@H]2O1)N1CCC1. The number of amides is 1. The van der Waals surface area contributed by atoms with Crippen LogP contribution in [-0.4, -0.2) is 59.1 Å². The van der Waals surface area contributed by atoms with Crippen LogP contribution in [-0.2, 0) is 16.1 Å². The van der Waals surface area contributed by atoms with Gasteiger partial charge in [0.05, 0.1) is 24.3 Å². The first-order chi connectivity index (χ1) is 10.8. The lowest BCUT2D eigenvalue weighted by atomic mass is 10.0. The van der Waals surface area contributed by atoms with Gasteiger partial charge in [-0.3, -0.25) is 14.7 Å². The molecule has 3 aliphatic rings. The molecule has 1 amide bonds. The van der Waals surface area contributed by atoms with Crippen LogP contribution in [0.1, 0.15) is 25.0 Å². The molecular formula is C17H23N3O2. The Morgan fingerprint density at radius 1 is 1.32 bits per heavy atom. The third-order valence-corrected chi connectivity index (χ3v) is 5.11. The molecule has 0 radical (unpaired) electrons.